The van der Waals surface area contributed by atoms with Crippen LogP contribution < -0.4 is 5.32 Å². The molecule has 0 atom stereocenters. The van der Waals surface area contributed by atoms with Crippen LogP contribution in [0, 0.1) is 0 Å². The van der Waals surface area contributed by atoms with Crippen LogP contribution in [0.2, 0.25) is 0 Å². The van der Waals surface area contributed by atoms with Crippen LogP contribution in [0.25, 0.3) is 0 Å². The van der Waals surface area contributed by atoms with Crippen LogP contribution in [0.15, 0.2) is 0 Å². The number of amides is 1. The van der Waals surface area contributed by atoms with Gasteiger partial charge in [0, 0.05) is 19.6 Å². The molecule has 102 valence electrons. The first-order chi connectivity index (χ1) is 8.66. The number of carbonyl (C=O) groups is 2. The summed E-state index contributed by atoms with van der Waals surface area (Å²) in [6.07, 6.45) is 2.10. The first kappa shape index (κ1) is 17.1. The van der Waals surface area contributed by atoms with Gasteiger partial charge in [-0.1, -0.05) is 0 Å². The smallest absolute Gasteiger partial charge is 0.220 e. The lowest BCUT2D eigenvalue weighted by Crippen LogP contribution is -2.27. The summed E-state index contributed by atoms with van der Waals surface area (Å²) >= 11 is 0. The Labute approximate surface area is 110 Å². The Bertz CT molecular complexity index is 236. The molecule has 0 rings (SSSR count). The fourth-order valence-corrected chi connectivity index (χ4v) is 1.30. The highest BCUT2D eigenvalue weighted by Crippen LogP contribution is 1.99. The zero-order valence-corrected chi connectivity index (χ0v) is 11.1. The molecule has 0 saturated carbocycles. The van der Waals surface area contributed by atoms with Gasteiger partial charge in [0.2, 0.25) is 5.91 Å². The van der Waals surface area contributed by atoms with Crippen LogP contribution in [0.4, 0.5) is 0 Å². The SMILES string of the molecule is [B]C(=O)CCCCC(=O)NCCOCCOCC. The van der Waals surface area contributed by atoms with Crippen molar-refractivity contribution < 1.29 is 19.1 Å². The van der Waals surface area contributed by atoms with Crippen molar-refractivity contribution in [3.05, 3.63) is 0 Å². The molecule has 0 aliphatic rings. The van der Waals surface area contributed by atoms with E-state index in [9.17, 15) is 9.59 Å². The summed E-state index contributed by atoms with van der Waals surface area (Å²) in [5, 5.41) is 2.74. The van der Waals surface area contributed by atoms with E-state index in [0.717, 1.165) is 0 Å². The van der Waals surface area contributed by atoms with Crippen molar-refractivity contribution in [3.8, 4) is 0 Å². The van der Waals surface area contributed by atoms with Gasteiger partial charge in [-0.2, -0.15) is 0 Å². The van der Waals surface area contributed by atoms with Gasteiger partial charge >= 0.3 is 0 Å². The fourth-order valence-electron chi connectivity index (χ4n) is 1.30. The van der Waals surface area contributed by atoms with E-state index in [1.54, 1.807) is 0 Å². The van der Waals surface area contributed by atoms with Crippen molar-refractivity contribution in [1.29, 1.82) is 0 Å². The second-order valence-corrected chi connectivity index (χ2v) is 3.83. The maximum atomic E-state index is 11.3. The molecule has 0 bridgehead atoms. The summed E-state index contributed by atoms with van der Waals surface area (Å²) in [6, 6.07) is 0. The number of unbranched alkanes of at least 4 members (excludes halogenated alkanes) is 1. The monoisotopic (exact) mass is 255 g/mol. The maximum absolute atomic E-state index is 11.3. The molecule has 0 aromatic heterocycles. The molecule has 0 unspecified atom stereocenters. The molecule has 2 radical (unpaired) electrons. The number of hydrogen-bond donors (Lipinski definition) is 1. The highest BCUT2D eigenvalue weighted by atomic mass is 16.5. The average Bonchev–Trinajstić information content (AvgIpc) is 2.33. The second kappa shape index (κ2) is 12.6. The van der Waals surface area contributed by atoms with Crippen molar-refractivity contribution in [1.82, 2.24) is 5.32 Å². The maximum Gasteiger partial charge on any atom is 0.220 e. The third kappa shape index (κ3) is 13.2. The van der Waals surface area contributed by atoms with Crippen molar-refractivity contribution in [2.75, 3.05) is 33.0 Å². The summed E-state index contributed by atoms with van der Waals surface area (Å²) in [5.41, 5.74) is -0.321. The molecule has 5 nitrogen and oxygen atoms in total. The number of rotatable bonds is 12. The highest BCUT2D eigenvalue weighted by Gasteiger charge is 2.01. The predicted molar refractivity (Wildman–Crippen MR) is 69.6 cm³/mol. The van der Waals surface area contributed by atoms with Gasteiger partial charge in [-0.25, -0.2) is 0 Å². The molecular formula is C12H22BNO4. The highest BCUT2D eigenvalue weighted by molar-refractivity contribution is 6.57. The predicted octanol–water partition coefficient (Wildman–Crippen LogP) is 0.411. The fraction of sp³-hybridized carbons (Fsp3) is 0.833. The van der Waals surface area contributed by atoms with Crippen LogP contribution in [0.3, 0.4) is 0 Å². The Morgan fingerprint density at radius 1 is 1.06 bits per heavy atom. The van der Waals surface area contributed by atoms with E-state index in [1.165, 1.54) is 0 Å². The van der Waals surface area contributed by atoms with E-state index in [1.807, 2.05) is 6.92 Å². The summed E-state index contributed by atoms with van der Waals surface area (Å²) < 4.78 is 10.3. The molecule has 0 spiro atoms. The Morgan fingerprint density at radius 2 is 1.72 bits per heavy atom. The molecule has 1 N–H and O–H groups in total. The largest absolute Gasteiger partial charge is 0.379 e. The van der Waals surface area contributed by atoms with Crippen molar-refractivity contribution >= 4 is 19.4 Å². The minimum absolute atomic E-state index is 0.0205. The number of ether oxygens (including phenoxy) is 2. The van der Waals surface area contributed by atoms with Gasteiger partial charge in [0.15, 0.2) is 7.85 Å². The molecule has 0 aliphatic carbocycles. The Morgan fingerprint density at radius 3 is 2.39 bits per heavy atom. The lowest BCUT2D eigenvalue weighted by Gasteiger charge is -2.06. The van der Waals surface area contributed by atoms with Gasteiger partial charge in [-0.15, -0.1) is 0 Å². The zero-order valence-electron chi connectivity index (χ0n) is 11.1. The van der Waals surface area contributed by atoms with E-state index >= 15 is 0 Å². The van der Waals surface area contributed by atoms with Gasteiger partial charge in [0.05, 0.1) is 25.5 Å². The Hall–Kier alpha value is -0.875. The molecule has 0 aromatic carbocycles. The molecule has 0 heterocycles. The number of carbonyl (C=O) groups excluding carboxylic acids is 2. The lowest BCUT2D eigenvalue weighted by atomic mass is 9.97. The van der Waals surface area contributed by atoms with Crippen LogP contribution in [0.1, 0.15) is 32.6 Å². The molecule has 0 fully saturated rings. The van der Waals surface area contributed by atoms with Crippen molar-refractivity contribution in [2.45, 2.75) is 32.6 Å². The van der Waals surface area contributed by atoms with Crippen LogP contribution >= 0.6 is 0 Å². The average molecular weight is 255 g/mol. The summed E-state index contributed by atoms with van der Waals surface area (Å²) in [5.74, 6) is -0.0205. The molecule has 1 amide bonds. The topological polar surface area (TPSA) is 64.6 Å². The first-order valence-electron chi connectivity index (χ1n) is 6.37. The summed E-state index contributed by atoms with van der Waals surface area (Å²) in [6.45, 7) is 4.73. The molecule has 18 heavy (non-hydrogen) atoms. The molecular weight excluding hydrogens is 233 g/mol. The van der Waals surface area contributed by atoms with Gasteiger partial charge in [0.1, 0.15) is 0 Å². The molecule has 6 heteroatoms. The van der Waals surface area contributed by atoms with E-state index in [-0.39, 0.29) is 11.6 Å². The third-order valence-corrected chi connectivity index (χ3v) is 2.22. The zero-order chi connectivity index (χ0) is 13.6. The second-order valence-electron chi connectivity index (χ2n) is 3.83. The summed E-state index contributed by atoms with van der Waals surface area (Å²) in [4.78, 5) is 21.8. The molecule has 0 aromatic rings. The van der Waals surface area contributed by atoms with Crippen LogP contribution in [-0.2, 0) is 19.1 Å². The first-order valence-corrected chi connectivity index (χ1v) is 6.37. The van der Waals surface area contributed by atoms with E-state index in [0.29, 0.717) is 58.7 Å². The van der Waals surface area contributed by atoms with Crippen molar-refractivity contribution in [2.24, 2.45) is 0 Å². The normalized spacial score (nSPS) is 10.3. The van der Waals surface area contributed by atoms with E-state index in [4.69, 9.17) is 17.3 Å². The standard InChI is InChI=1S/C12H22BNO4/c1-2-17-9-10-18-8-7-14-12(16)6-4-3-5-11(13)15/h2-10H2,1H3,(H,14,16). The van der Waals surface area contributed by atoms with Crippen LogP contribution in [0.5, 0.6) is 0 Å². The van der Waals surface area contributed by atoms with Crippen molar-refractivity contribution in [3.63, 3.8) is 0 Å². The van der Waals surface area contributed by atoms with Gasteiger partial charge in [-0.05, 0) is 26.2 Å². The minimum atomic E-state index is -0.321. The van der Waals surface area contributed by atoms with E-state index < -0.39 is 0 Å². The van der Waals surface area contributed by atoms with Gasteiger partial charge < -0.3 is 19.6 Å². The molecule has 0 saturated heterocycles. The minimum Gasteiger partial charge on any atom is -0.379 e. The lowest BCUT2D eigenvalue weighted by molar-refractivity contribution is -0.121. The third-order valence-electron chi connectivity index (χ3n) is 2.22. The van der Waals surface area contributed by atoms with Gasteiger partial charge in [-0.3, -0.25) is 4.79 Å². The Kier molecular flexibility index (Phi) is 12.0. The van der Waals surface area contributed by atoms with E-state index in [2.05, 4.69) is 5.32 Å². The Balaban J connectivity index is 3.19. The number of nitrogens with one attached hydrogen (secondary N) is 1. The molecule has 0 aliphatic heterocycles. The summed E-state index contributed by atoms with van der Waals surface area (Å²) in [7, 11) is 4.99. The number of hydrogen-bond acceptors (Lipinski definition) is 4. The van der Waals surface area contributed by atoms with Crippen LogP contribution in [-0.4, -0.2) is 52.4 Å². The van der Waals surface area contributed by atoms with Gasteiger partial charge in [0.25, 0.3) is 0 Å². The quantitative estimate of drug-likeness (QED) is 0.405.